The topological polar surface area (TPSA) is 29.0 Å². The molecule has 2 heterocycles. The second kappa shape index (κ2) is 4.55. The molecule has 0 aliphatic rings. The third-order valence-corrected chi connectivity index (χ3v) is 2.18. The van der Waals surface area contributed by atoms with Gasteiger partial charge in [-0.15, -0.1) is 0 Å². The summed E-state index contributed by atoms with van der Waals surface area (Å²) in [6, 6.07) is 9.91. The van der Waals surface area contributed by atoms with Crippen LogP contribution in [0.1, 0.15) is 5.56 Å². The van der Waals surface area contributed by atoms with Gasteiger partial charge < -0.3 is 4.90 Å². The van der Waals surface area contributed by atoms with Crippen LogP contribution < -0.4 is 4.90 Å². The molecule has 0 aromatic carbocycles. The maximum absolute atomic E-state index is 4.28. The van der Waals surface area contributed by atoms with E-state index in [1.807, 2.05) is 37.5 Å². The standard InChI is InChI=1S/C12H13N3/c1-15(12-6-2-3-8-14-12)10-11-5-4-7-13-9-11/h2-9H,10H2,1H3. The van der Waals surface area contributed by atoms with Crippen molar-refractivity contribution in [1.82, 2.24) is 9.97 Å². The largest absolute Gasteiger partial charge is 0.355 e. The van der Waals surface area contributed by atoms with Crippen molar-refractivity contribution in [1.29, 1.82) is 0 Å². The molecule has 0 fully saturated rings. The van der Waals surface area contributed by atoms with E-state index in [9.17, 15) is 0 Å². The second-order valence-electron chi connectivity index (χ2n) is 3.41. The Balaban J connectivity index is 2.08. The highest BCUT2D eigenvalue weighted by molar-refractivity contribution is 5.37. The predicted octanol–water partition coefficient (Wildman–Crippen LogP) is 2.11. The lowest BCUT2D eigenvalue weighted by atomic mass is 10.2. The van der Waals surface area contributed by atoms with Crippen molar-refractivity contribution in [2.24, 2.45) is 0 Å². The summed E-state index contributed by atoms with van der Waals surface area (Å²) in [4.78, 5) is 10.5. The smallest absolute Gasteiger partial charge is 0.128 e. The first-order valence-electron chi connectivity index (χ1n) is 4.87. The van der Waals surface area contributed by atoms with Crippen molar-refractivity contribution in [3.63, 3.8) is 0 Å². The molecule has 0 amide bonds. The van der Waals surface area contributed by atoms with Gasteiger partial charge in [0.1, 0.15) is 5.82 Å². The van der Waals surface area contributed by atoms with Gasteiger partial charge in [-0.2, -0.15) is 0 Å². The lowest BCUT2D eigenvalue weighted by molar-refractivity contribution is 0.892. The highest BCUT2D eigenvalue weighted by atomic mass is 15.2. The van der Waals surface area contributed by atoms with Gasteiger partial charge in [0.15, 0.2) is 0 Å². The molecule has 0 bridgehead atoms. The van der Waals surface area contributed by atoms with Crippen molar-refractivity contribution < 1.29 is 0 Å². The molecule has 0 radical (unpaired) electrons. The monoisotopic (exact) mass is 199 g/mol. The molecule has 0 spiro atoms. The first kappa shape index (κ1) is 9.65. The number of aromatic nitrogens is 2. The van der Waals surface area contributed by atoms with Gasteiger partial charge in [-0.25, -0.2) is 4.98 Å². The molecule has 2 aromatic rings. The summed E-state index contributed by atoms with van der Waals surface area (Å²) in [5, 5.41) is 0. The van der Waals surface area contributed by atoms with Gasteiger partial charge in [-0.05, 0) is 23.8 Å². The Morgan fingerprint density at radius 1 is 1.13 bits per heavy atom. The lowest BCUT2D eigenvalue weighted by Crippen LogP contribution is -2.17. The molecule has 2 aromatic heterocycles. The molecule has 0 saturated carbocycles. The van der Waals surface area contributed by atoms with E-state index in [0.717, 1.165) is 12.4 Å². The van der Waals surface area contributed by atoms with E-state index in [-0.39, 0.29) is 0 Å². The molecular weight excluding hydrogens is 186 g/mol. The van der Waals surface area contributed by atoms with Crippen LogP contribution in [-0.2, 0) is 6.54 Å². The summed E-state index contributed by atoms with van der Waals surface area (Å²) in [6.45, 7) is 0.824. The Hall–Kier alpha value is -1.90. The summed E-state index contributed by atoms with van der Waals surface area (Å²) in [5.41, 5.74) is 1.19. The van der Waals surface area contributed by atoms with E-state index in [1.165, 1.54) is 5.56 Å². The third kappa shape index (κ3) is 2.53. The van der Waals surface area contributed by atoms with Gasteiger partial charge in [0.05, 0.1) is 0 Å². The number of hydrogen-bond donors (Lipinski definition) is 0. The SMILES string of the molecule is CN(Cc1cccnc1)c1ccccn1. The second-order valence-corrected chi connectivity index (χ2v) is 3.41. The van der Waals surface area contributed by atoms with E-state index in [0.29, 0.717) is 0 Å². The van der Waals surface area contributed by atoms with Crippen molar-refractivity contribution in [2.45, 2.75) is 6.54 Å². The molecule has 3 heteroatoms. The number of anilines is 1. The zero-order chi connectivity index (χ0) is 10.5. The van der Waals surface area contributed by atoms with E-state index in [4.69, 9.17) is 0 Å². The highest BCUT2D eigenvalue weighted by Crippen LogP contribution is 2.10. The first-order chi connectivity index (χ1) is 7.36. The fourth-order valence-electron chi connectivity index (χ4n) is 1.43. The van der Waals surface area contributed by atoms with Crippen LogP contribution in [0, 0.1) is 0 Å². The van der Waals surface area contributed by atoms with Crippen LogP contribution in [-0.4, -0.2) is 17.0 Å². The Bertz CT molecular complexity index is 400. The minimum absolute atomic E-state index is 0.824. The minimum atomic E-state index is 0.824. The Kier molecular flexibility index (Phi) is 2.93. The molecule has 0 aliphatic carbocycles. The summed E-state index contributed by atoms with van der Waals surface area (Å²) < 4.78 is 0. The maximum atomic E-state index is 4.28. The molecule has 2 rings (SSSR count). The number of rotatable bonds is 3. The fourth-order valence-corrected chi connectivity index (χ4v) is 1.43. The molecule has 0 N–H and O–H groups in total. The highest BCUT2D eigenvalue weighted by Gasteiger charge is 2.01. The normalized spacial score (nSPS) is 9.93. The van der Waals surface area contributed by atoms with Crippen LogP contribution in [0.25, 0.3) is 0 Å². The summed E-state index contributed by atoms with van der Waals surface area (Å²) >= 11 is 0. The van der Waals surface area contributed by atoms with Crippen molar-refractivity contribution in [3.8, 4) is 0 Å². The molecule has 0 saturated heterocycles. The number of pyridine rings is 2. The van der Waals surface area contributed by atoms with Gasteiger partial charge in [0, 0.05) is 32.2 Å². The van der Waals surface area contributed by atoms with Crippen LogP contribution >= 0.6 is 0 Å². The zero-order valence-corrected chi connectivity index (χ0v) is 8.67. The molecule has 0 aliphatic heterocycles. The minimum Gasteiger partial charge on any atom is -0.355 e. The van der Waals surface area contributed by atoms with Crippen LogP contribution in [0.2, 0.25) is 0 Å². The molecular formula is C12H13N3. The predicted molar refractivity (Wildman–Crippen MR) is 60.6 cm³/mol. The van der Waals surface area contributed by atoms with Gasteiger partial charge in [-0.3, -0.25) is 4.98 Å². The maximum Gasteiger partial charge on any atom is 0.128 e. The van der Waals surface area contributed by atoms with Gasteiger partial charge in [0.25, 0.3) is 0 Å². The summed E-state index contributed by atoms with van der Waals surface area (Å²) in [5.74, 6) is 0.973. The Labute approximate surface area is 89.4 Å². The average molecular weight is 199 g/mol. The van der Waals surface area contributed by atoms with Gasteiger partial charge in [-0.1, -0.05) is 12.1 Å². The molecule has 15 heavy (non-hydrogen) atoms. The van der Waals surface area contributed by atoms with Crippen molar-refractivity contribution in [2.75, 3.05) is 11.9 Å². The van der Waals surface area contributed by atoms with Gasteiger partial charge >= 0.3 is 0 Å². The van der Waals surface area contributed by atoms with E-state index in [2.05, 4.69) is 20.9 Å². The van der Waals surface area contributed by atoms with Crippen LogP contribution in [0.5, 0.6) is 0 Å². The van der Waals surface area contributed by atoms with E-state index < -0.39 is 0 Å². The quantitative estimate of drug-likeness (QED) is 0.758. The molecule has 0 atom stereocenters. The van der Waals surface area contributed by atoms with Gasteiger partial charge in [0.2, 0.25) is 0 Å². The fraction of sp³-hybridized carbons (Fsp3) is 0.167. The van der Waals surface area contributed by atoms with Crippen LogP contribution in [0.4, 0.5) is 5.82 Å². The lowest BCUT2D eigenvalue weighted by Gasteiger charge is -2.17. The molecule has 3 nitrogen and oxygen atoms in total. The van der Waals surface area contributed by atoms with Crippen molar-refractivity contribution >= 4 is 5.82 Å². The van der Waals surface area contributed by atoms with E-state index in [1.54, 1.807) is 12.4 Å². The molecule has 0 unspecified atom stereocenters. The van der Waals surface area contributed by atoms with Crippen LogP contribution in [0.3, 0.4) is 0 Å². The van der Waals surface area contributed by atoms with E-state index >= 15 is 0 Å². The zero-order valence-electron chi connectivity index (χ0n) is 8.67. The summed E-state index contributed by atoms with van der Waals surface area (Å²) in [6.07, 6.45) is 5.46. The molecule has 76 valence electrons. The Morgan fingerprint density at radius 3 is 2.73 bits per heavy atom. The van der Waals surface area contributed by atoms with Crippen molar-refractivity contribution in [3.05, 3.63) is 54.5 Å². The number of hydrogen-bond acceptors (Lipinski definition) is 3. The average Bonchev–Trinajstić information content (AvgIpc) is 2.31. The third-order valence-electron chi connectivity index (χ3n) is 2.18. The summed E-state index contributed by atoms with van der Waals surface area (Å²) in [7, 11) is 2.02. The Morgan fingerprint density at radius 2 is 2.07 bits per heavy atom. The number of nitrogens with zero attached hydrogens (tertiary/aromatic N) is 3. The van der Waals surface area contributed by atoms with Crippen LogP contribution in [0.15, 0.2) is 48.9 Å². The first-order valence-corrected chi connectivity index (χ1v) is 4.87.